The Kier molecular flexibility index (Phi) is 4.00. The number of likely N-dealkylation sites (N-methyl/N-ethyl adjacent to an activating group) is 1. The molecule has 4 heteroatoms. The lowest BCUT2D eigenvalue weighted by atomic mass is 10.6. The topological polar surface area (TPSA) is 49.6 Å². The second kappa shape index (κ2) is 4.29. The van der Waals surface area contributed by atoms with Crippen molar-refractivity contribution in [1.29, 1.82) is 0 Å². The Hall–Kier alpha value is -0.610. The van der Waals surface area contributed by atoms with Crippen molar-refractivity contribution in [2.24, 2.45) is 5.84 Å². The van der Waals surface area contributed by atoms with E-state index in [1.54, 1.807) is 6.41 Å². The lowest BCUT2D eigenvalue weighted by Crippen LogP contribution is -2.35. The van der Waals surface area contributed by atoms with Gasteiger partial charge in [-0.2, -0.15) is 0 Å². The molecule has 0 aromatic carbocycles. The Bertz CT molecular complexity index is 84.3. The van der Waals surface area contributed by atoms with Crippen molar-refractivity contribution in [1.82, 2.24) is 9.91 Å². The molecule has 0 unspecified atom stereocenters. The zero-order valence-electron chi connectivity index (χ0n) is 5.79. The number of rotatable bonds is 4. The summed E-state index contributed by atoms with van der Waals surface area (Å²) in [6.07, 6.45) is 1.55. The first-order chi connectivity index (χ1) is 4.16. The van der Waals surface area contributed by atoms with Gasteiger partial charge < -0.3 is 4.90 Å². The highest BCUT2D eigenvalue weighted by Gasteiger charge is 1.94. The van der Waals surface area contributed by atoms with Gasteiger partial charge in [-0.05, 0) is 14.1 Å². The SMILES string of the molecule is CN(C)CCN(N)[C]=O. The number of hydrogen-bond donors (Lipinski definition) is 1. The Balaban J connectivity index is 3.16. The predicted molar refractivity (Wildman–Crippen MR) is 35.1 cm³/mol. The van der Waals surface area contributed by atoms with Gasteiger partial charge in [-0.1, -0.05) is 0 Å². The van der Waals surface area contributed by atoms with Crippen molar-refractivity contribution in [3.8, 4) is 0 Å². The van der Waals surface area contributed by atoms with Crippen LogP contribution >= 0.6 is 0 Å². The van der Waals surface area contributed by atoms with Crippen LogP contribution in [-0.2, 0) is 4.79 Å². The fraction of sp³-hybridized carbons (Fsp3) is 0.800. The third kappa shape index (κ3) is 5.26. The van der Waals surface area contributed by atoms with Crippen LogP contribution in [0, 0.1) is 0 Å². The molecular formula is C5H12N3O. The van der Waals surface area contributed by atoms with E-state index in [1.165, 1.54) is 0 Å². The zero-order valence-corrected chi connectivity index (χ0v) is 5.79. The molecule has 0 saturated carbocycles. The summed E-state index contributed by atoms with van der Waals surface area (Å²) in [5.74, 6) is 5.10. The first-order valence-electron chi connectivity index (χ1n) is 2.71. The quantitative estimate of drug-likeness (QED) is 0.225. The van der Waals surface area contributed by atoms with Crippen LogP contribution in [0.4, 0.5) is 0 Å². The van der Waals surface area contributed by atoms with Gasteiger partial charge >= 0.3 is 6.41 Å². The van der Waals surface area contributed by atoms with E-state index < -0.39 is 0 Å². The molecular weight excluding hydrogens is 118 g/mol. The number of hydrogen-bond acceptors (Lipinski definition) is 3. The molecule has 0 fully saturated rings. The predicted octanol–water partition coefficient (Wildman–Crippen LogP) is -1.21. The second-order valence-corrected chi connectivity index (χ2v) is 2.09. The van der Waals surface area contributed by atoms with Crippen molar-refractivity contribution in [3.05, 3.63) is 0 Å². The van der Waals surface area contributed by atoms with Crippen LogP contribution in [-0.4, -0.2) is 43.5 Å². The molecule has 2 N–H and O–H groups in total. The van der Waals surface area contributed by atoms with Crippen LogP contribution < -0.4 is 5.84 Å². The summed E-state index contributed by atoms with van der Waals surface area (Å²) in [7, 11) is 3.83. The highest BCUT2D eigenvalue weighted by Crippen LogP contribution is 1.74. The fourth-order valence-electron chi connectivity index (χ4n) is 0.353. The van der Waals surface area contributed by atoms with Crippen LogP contribution in [0.5, 0.6) is 0 Å². The molecule has 0 heterocycles. The van der Waals surface area contributed by atoms with Crippen molar-refractivity contribution in [3.63, 3.8) is 0 Å². The average Bonchev–Trinajstić information content (AvgIpc) is 1.83. The zero-order chi connectivity index (χ0) is 7.28. The van der Waals surface area contributed by atoms with Gasteiger partial charge in [0.2, 0.25) is 0 Å². The highest BCUT2D eigenvalue weighted by atomic mass is 16.1. The number of nitrogens with zero attached hydrogens (tertiary/aromatic N) is 2. The van der Waals surface area contributed by atoms with Crippen molar-refractivity contribution < 1.29 is 4.79 Å². The maximum absolute atomic E-state index is 9.77. The Morgan fingerprint density at radius 1 is 1.44 bits per heavy atom. The minimum atomic E-state index is 0.524. The van der Waals surface area contributed by atoms with Gasteiger partial charge in [0.05, 0.1) is 6.54 Å². The lowest BCUT2D eigenvalue weighted by Gasteiger charge is -2.12. The van der Waals surface area contributed by atoms with Crippen molar-refractivity contribution >= 4 is 6.41 Å². The van der Waals surface area contributed by atoms with Gasteiger partial charge in [0.25, 0.3) is 0 Å². The summed E-state index contributed by atoms with van der Waals surface area (Å²) in [6, 6.07) is 0. The van der Waals surface area contributed by atoms with Crippen LogP contribution in [0.1, 0.15) is 0 Å². The van der Waals surface area contributed by atoms with Gasteiger partial charge in [0.1, 0.15) is 0 Å². The molecule has 0 aliphatic rings. The monoisotopic (exact) mass is 130 g/mol. The first-order valence-corrected chi connectivity index (χ1v) is 2.71. The summed E-state index contributed by atoms with van der Waals surface area (Å²) in [4.78, 5) is 11.7. The van der Waals surface area contributed by atoms with E-state index in [9.17, 15) is 4.79 Å². The second-order valence-electron chi connectivity index (χ2n) is 2.09. The van der Waals surface area contributed by atoms with E-state index in [4.69, 9.17) is 5.84 Å². The van der Waals surface area contributed by atoms with Gasteiger partial charge in [-0.3, -0.25) is 9.80 Å². The molecule has 53 valence electrons. The van der Waals surface area contributed by atoms with Crippen molar-refractivity contribution in [2.45, 2.75) is 0 Å². The summed E-state index contributed by atoms with van der Waals surface area (Å²) in [6.45, 7) is 1.29. The van der Waals surface area contributed by atoms with Crippen molar-refractivity contribution in [2.75, 3.05) is 27.2 Å². The molecule has 0 aliphatic heterocycles. The lowest BCUT2D eigenvalue weighted by molar-refractivity contribution is 0.322. The van der Waals surface area contributed by atoms with Crippen LogP contribution in [0.2, 0.25) is 0 Å². The molecule has 0 aromatic heterocycles. The third-order valence-corrected chi connectivity index (χ3v) is 0.905. The molecule has 1 amide bonds. The van der Waals surface area contributed by atoms with Gasteiger partial charge in [-0.15, -0.1) is 0 Å². The van der Waals surface area contributed by atoms with Gasteiger partial charge in [0, 0.05) is 6.54 Å². The van der Waals surface area contributed by atoms with Gasteiger partial charge in [0.15, 0.2) is 0 Å². The molecule has 1 radical (unpaired) electrons. The van der Waals surface area contributed by atoms with E-state index in [0.29, 0.717) is 6.54 Å². The number of nitrogens with two attached hydrogens (primary N) is 1. The summed E-state index contributed by atoms with van der Waals surface area (Å²) < 4.78 is 0. The van der Waals surface area contributed by atoms with E-state index in [0.717, 1.165) is 11.6 Å². The standard InChI is InChI=1S/C5H12N3O/c1-7(2)3-4-8(6)5-9/h3-4,6H2,1-2H3. The number of amides is 1. The molecule has 4 nitrogen and oxygen atoms in total. The molecule has 0 atom stereocenters. The maximum atomic E-state index is 9.77. The Morgan fingerprint density at radius 3 is 2.33 bits per heavy atom. The normalized spacial score (nSPS) is 9.78. The highest BCUT2D eigenvalue weighted by molar-refractivity contribution is 5.46. The molecule has 0 rings (SSSR count). The van der Waals surface area contributed by atoms with E-state index in [1.807, 2.05) is 19.0 Å². The minimum absolute atomic E-state index is 0.524. The van der Waals surface area contributed by atoms with Crippen LogP contribution in [0.15, 0.2) is 0 Å². The number of hydrazine groups is 1. The molecule has 0 saturated heterocycles. The molecule has 9 heavy (non-hydrogen) atoms. The molecule has 0 aromatic rings. The fourth-order valence-corrected chi connectivity index (χ4v) is 0.353. The Labute approximate surface area is 55.2 Å². The smallest absolute Gasteiger partial charge is 0.308 e. The van der Waals surface area contributed by atoms with Gasteiger partial charge in [-0.25, -0.2) is 5.84 Å². The van der Waals surface area contributed by atoms with E-state index in [-0.39, 0.29) is 0 Å². The van der Waals surface area contributed by atoms with Crippen LogP contribution in [0.3, 0.4) is 0 Å². The largest absolute Gasteiger partial charge is 0.327 e. The molecule has 0 spiro atoms. The summed E-state index contributed by atoms with van der Waals surface area (Å²) in [5, 5.41) is 1.00. The minimum Gasteiger partial charge on any atom is -0.308 e. The molecule has 0 bridgehead atoms. The van der Waals surface area contributed by atoms with E-state index >= 15 is 0 Å². The summed E-state index contributed by atoms with van der Waals surface area (Å²) >= 11 is 0. The number of carbonyl (C=O) groups excluding carboxylic acids is 1. The third-order valence-electron chi connectivity index (χ3n) is 0.905. The summed E-state index contributed by atoms with van der Waals surface area (Å²) in [5.41, 5.74) is 0. The van der Waals surface area contributed by atoms with Crippen LogP contribution in [0.25, 0.3) is 0 Å². The maximum Gasteiger partial charge on any atom is 0.327 e. The molecule has 0 aliphatic carbocycles. The first kappa shape index (κ1) is 8.39. The van der Waals surface area contributed by atoms with E-state index in [2.05, 4.69) is 0 Å². The average molecular weight is 130 g/mol. The Morgan fingerprint density at radius 2 is 2.00 bits per heavy atom.